The van der Waals surface area contributed by atoms with Crippen LogP contribution in [0.4, 0.5) is 0 Å². The van der Waals surface area contributed by atoms with E-state index >= 15 is 0 Å². The molecule has 2 aromatic carbocycles. The summed E-state index contributed by atoms with van der Waals surface area (Å²) in [4.78, 5) is 185. The van der Waals surface area contributed by atoms with Crippen molar-refractivity contribution >= 4 is 94.5 Å². The topological polar surface area (TPSA) is 519 Å². The smallest absolute Gasteiger partial charge is 0.245 e. The molecule has 31 nitrogen and oxygen atoms in total. The molecule has 2 saturated heterocycles. The molecule has 0 saturated carbocycles. The standard InChI is InChI=1S/C63H98N18O13S/c1-37(2)33-45(57(89)74-41(53(68)85)27-32-95-3)73-52(84)36-72-54(86)46(34-38-15-6-4-7-16-38)78-58(90)47(35-39-17-8-5-9-18-39)79-56(88)42(23-25-50(66)82)75-55(87)43(24-26-51(67)83)76-59(91)49-22-14-31-81(49)62(94)44(20-10-11-28-64)77-60(92)48-21-13-30-80(48)61(93)40(65)19-12-29-71-63(69)70/h4-9,15-18,37,40-49H,10-14,19-36,64-65H2,1-3H3,(H2,66,82)(H2,67,83)(H2,68,85)(H,72,86)(H,73,84)(H,74,89)(H,75,87)(H,76,91)(H,77,92)(H,78,90)(H,79,88)(H4,69,70,71)/t40-,41-,42-,43+,44+,45-,46+,47+,48+,49-/m0/s1. The summed E-state index contributed by atoms with van der Waals surface area (Å²) in [5.41, 5.74) is 40.6. The van der Waals surface area contributed by atoms with Crippen LogP contribution in [-0.2, 0) is 75.2 Å². The van der Waals surface area contributed by atoms with Crippen LogP contribution in [-0.4, -0.2) is 198 Å². The van der Waals surface area contributed by atoms with Gasteiger partial charge < -0.3 is 92.5 Å². The third kappa shape index (κ3) is 27.5. The molecule has 2 aromatic rings. The van der Waals surface area contributed by atoms with Crippen molar-refractivity contribution < 1.29 is 62.3 Å². The van der Waals surface area contributed by atoms with Crippen LogP contribution >= 0.6 is 11.8 Å². The van der Waals surface area contributed by atoms with E-state index in [2.05, 4.69) is 47.5 Å². The molecule has 2 aliphatic heterocycles. The van der Waals surface area contributed by atoms with Crippen molar-refractivity contribution in [3.63, 3.8) is 0 Å². The first-order valence-corrected chi connectivity index (χ1v) is 33.6. The minimum absolute atomic E-state index is 0.0736. The summed E-state index contributed by atoms with van der Waals surface area (Å²) in [6, 6.07) is 4.51. The van der Waals surface area contributed by atoms with Crippen LogP contribution in [0, 0.1) is 5.92 Å². The number of primary amides is 3. The van der Waals surface area contributed by atoms with Crippen molar-refractivity contribution in [1.29, 1.82) is 0 Å². The predicted molar refractivity (Wildman–Crippen MR) is 356 cm³/mol. The maximum absolute atomic E-state index is 14.7. The highest BCUT2D eigenvalue weighted by molar-refractivity contribution is 7.98. The van der Waals surface area contributed by atoms with E-state index in [1.54, 1.807) is 60.7 Å². The Balaban J connectivity index is 1.56. The second kappa shape index (κ2) is 41.0. The lowest BCUT2D eigenvalue weighted by molar-refractivity contribution is -0.144. The number of rotatable bonds is 42. The average Bonchev–Trinajstić information content (AvgIpc) is 1.74. The number of carbonyl (C=O) groups is 13. The van der Waals surface area contributed by atoms with E-state index in [0.29, 0.717) is 55.4 Å². The van der Waals surface area contributed by atoms with Crippen LogP contribution in [0.2, 0.25) is 0 Å². The summed E-state index contributed by atoms with van der Waals surface area (Å²) in [6.45, 7) is 3.86. The van der Waals surface area contributed by atoms with E-state index in [0.717, 1.165) is 0 Å². The van der Waals surface area contributed by atoms with E-state index in [9.17, 15) is 62.3 Å². The molecule has 524 valence electrons. The van der Waals surface area contributed by atoms with Gasteiger partial charge in [0, 0.05) is 45.3 Å². The highest BCUT2D eigenvalue weighted by atomic mass is 32.2. The number of guanidine groups is 1. The zero-order chi connectivity index (χ0) is 70.1. The fourth-order valence-electron chi connectivity index (χ4n) is 11.0. The maximum Gasteiger partial charge on any atom is 0.245 e. The molecule has 22 N–H and O–H groups in total. The van der Waals surface area contributed by atoms with Crippen LogP contribution in [0.3, 0.4) is 0 Å². The van der Waals surface area contributed by atoms with Gasteiger partial charge in [-0.1, -0.05) is 74.5 Å². The molecule has 13 amide bonds. The Morgan fingerprint density at radius 1 is 0.537 bits per heavy atom. The lowest BCUT2D eigenvalue weighted by Gasteiger charge is -2.32. The van der Waals surface area contributed by atoms with Crippen molar-refractivity contribution in [1.82, 2.24) is 52.3 Å². The minimum Gasteiger partial charge on any atom is -0.370 e. The zero-order valence-corrected chi connectivity index (χ0v) is 55.3. The van der Waals surface area contributed by atoms with Gasteiger partial charge in [0.2, 0.25) is 76.8 Å². The summed E-state index contributed by atoms with van der Waals surface area (Å²) in [5.74, 6) is -9.80. The number of hydrogen-bond acceptors (Lipinski definition) is 17. The lowest BCUT2D eigenvalue weighted by atomic mass is 10.0. The largest absolute Gasteiger partial charge is 0.370 e. The second-order valence-electron chi connectivity index (χ2n) is 24.1. The summed E-state index contributed by atoms with van der Waals surface area (Å²) in [7, 11) is 0. The molecule has 32 heteroatoms. The molecule has 0 aromatic heterocycles. The van der Waals surface area contributed by atoms with E-state index in [1.165, 1.54) is 21.6 Å². The number of likely N-dealkylation sites (tertiary alicyclic amines) is 2. The van der Waals surface area contributed by atoms with Crippen molar-refractivity contribution in [2.24, 2.45) is 51.0 Å². The SMILES string of the molecule is CSCC[C@H](NC(=O)[C@H](CC(C)C)NC(=O)CNC(=O)[C@@H](Cc1ccccc1)NC(=O)[C@@H](Cc1ccccc1)NC(=O)[C@H](CCC(N)=O)NC(=O)[C@@H](CCC(N)=O)NC(=O)[C@@H]1CCCN1C(=O)[C@@H](CCCCN)NC(=O)[C@H]1CCCN1C(=O)[C@@H](N)CCCN=C(N)N)C(N)=O. The Morgan fingerprint density at radius 3 is 1.51 bits per heavy atom. The van der Waals surface area contributed by atoms with Crippen LogP contribution in [0.15, 0.2) is 65.7 Å². The Labute approximate surface area is 558 Å². The number of nitrogens with two attached hydrogens (primary N) is 7. The Morgan fingerprint density at radius 2 is 1.01 bits per heavy atom. The molecular weight excluding hydrogens is 1250 g/mol. The monoisotopic (exact) mass is 1350 g/mol. The number of nitrogens with zero attached hydrogens (tertiary/aromatic N) is 3. The van der Waals surface area contributed by atoms with Gasteiger partial charge >= 0.3 is 0 Å². The number of hydrogen-bond donors (Lipinski definition) is 15. The number of unbranched alkanes of at least 4 members (excludes halogenated alkanes) is 1. The average molecular weight is 1350 g/mol. The highest BCUT2D eigenvalue weighted by Crippen LogP contribution is 2.24. The van der Waals surface area contributed by atoms with Crippen LogP contribution < -0.4 is 82.7 Å². The number of thioether (sulfide) groups is 1. The molecule has 10 atom stereocenters. The van der Waals surface area contributed by atoms with Gasteiger partial charge in [0.1, 0.15) is 54.4 Å². The Hall–Kier alpha value is -8.91. The number of amides is 13. The molecule has 2 heterocycles. The summed E-state index contributed by atoms with van der Waals surface area (Å²) < 4.78 is 0. The molecule has 2 fully saturated rings. The van der Waals surface area contributed by atoms with Gasteiger partial charge in [0.25, 0.3) is 0 Å². The quantitative estimate of drug-likeness (QED) is 0.0173. The maximum atomic E-state index is 14.7. The Bertz CT molecular complexity index is 2960. The fourth-order valence-corrected chi connectivity index (χ4v) is 11.5. The fraction of sp³-hybridized carbons (Fsp3) is 0.587. The molecular formula is C63H98N18O13S. The summed E-state index contributed by atoms with van der Waals surface area (Å²) in [5, 5.41) is 21.1. The molecule has 4 rings (SSSR count). The van der Waals surface area contributed by atoms with Gasteiger partial charge in [-0.3, -0.25) is 67.3 Å². The van der Waals surface area contributed by atoms with Crippen molar-refractivity contribution in [3.05, 3.63) is 71.8 Å². The molecule has 0 spiro atoms. The summed E-state index contributed by atoms with van der Waals surface area (Å²) in [6.07, 6.45) is 3.12. The van der Waals surface area contributed by atoms with E-state index in [-0.39, 0.29) is 83.0 Å². The number of aliphatic imine (C=N–C) groups is 1. The molecule has 0 aliphatic carbocycles. The first-order valence-electron chi connectivity index (χ1n) is 32.2. The van der Waals surface area contributed by atoms with Gasteiger partial charge in [-0.05, 0) is 119 Å². The molecule has 95 heavy (non-hydrogen) atoms. The number of nitrogens with one attached hydrogen (secondary N) is 8. The minimum atomic E-state index is -1.64. The first kappa shape index (κ1) is 78.5. The highest BCUT2D eigenvalue weighted by Gasteiger charge is 2.42. The second-order valence-corrected chi connectivity index (χ2v) is 25.1. The lowest BCUT2D eigenvalue weighted by Crippen LogP contribution is -2.60. The van der Waals surface area contributed by atoms with Gasteiger partial charge in [0.05, 0.1) is 12.6 Å². The summed E-state index contributed by atoms with van der Waals surface area (Å²) >= 11 is 1.45. The zero-order valence-electron chi connectivity index (χ0n) is 54.5. The van der Waals surface area contributed by atoms with Crippen LogP contribution in [0.1, 0.15) is 121 Å². The normalized spacial score (nSPS) is 16.8. The van der Waals surface area contributed by atoms with Gasteiger partial charge in [-0.15, -0.1) is 0 Å². The third-order valence-electron chi connectivity index (χ3n) is 16.0. The van der Waals surface area contributed by atoms with Crippen molar-refractivity contribution in [2.75, 3.05) is 44.7 Å². The van der Waals surface area contributed by atoms with Gasteiger partial charge in [0.15, 0.2) is 5.96 Å². The van der Waals surface area contributed by atoms with Crippen molar-refractivity contribution in [2.45, 2.75) is 183 Å². The number of carbonyl (C=O) groups excluding carboxylic acids is 13. The first-order chi connectivity index (χ1) is 45.2. The Kier molecular flexibility index (Phi) is 33.9. The molecule has 2 aliphatic rings. The predicted octanol–water partition coefficient (Wildman–Crippen LogP) is -3.71. The molecule has 0 bridgehead atoms. The van der Waals surface area contributed by atoms with Crippen LogP contribution in [0.5, 0.6) is 0 Å². The van der Waals surface area contributed by atoms with E-state index in [1.807, 2.05) is 20.1 Å². The molecule has 0 radical (unpaired) electrons. The van der Waals surface area contributed by atoms with Crippen LogP contribution in [0.25, 0.3) is 0 Å². The van der Waals surface area contributed by atoms with Gasteiger partial charge in [-0.2, -0.15) is 11.8 Å². The van der Waals surface area contributed by atoms with E-state index in [4.69, 9.17) is 40.1 Å². The van der Waals surface area contributed by atoms with Crippen molar-refractivity contribution in [3.8, 4) is 0 Å². The molecule has 0 unspecified atom stereocenters. The van der Waals surface area contributed by atoms with E-state index < -0.39 is 169 Å². The van der Waals surface area contributed by atoms with Gasteiger partial charge in [-0.25, -0.2) is 0 Å². The number of benzene rings is 2. The third-order valence-corrected chi connectivity index (χ3v) is 16.7.